The van der Waals surface area contributed by atoms with E-state index in [0.717, 1.165) is 31.8 Å². The summed E-state index contributed by atoms with van der Waals surface area (Å²) >= 11 is 1.41. The van der Waals surface area contributed by atoms with E-state index in [0.29, 0.717) is 22.3 Å². The highest BCUT2D eigenvalue weighted by atomic mass is 32.2. The molecule has 2 aromatic rings. The van der Waals surface area contributed by atoms with Gasteiger partial charge in [0.15, 0.2) is 0 Å². The molecule has 3 heterocycles. The van der Waals surface area contributed by atoms with E-state index in [-0.39, 0.29) is 11.4 Å². The molecule has 1 unspecified atom stereocenters. The van der Waals surface area contributed by atoms with Crippen molar-refractivity contribution in [2.75, 3.05) is 19.6 Å². The Morgan fingerprint density at radius 1 is 1.36 bits per heavy atom. The van der Waals surface area contributed by atoms with Crippen molar-refractivity contribution in [1.82, 2.24) is 19.8 Å². The Hall–Kier alpha value is -1.58. The molecule has 0 spiro atoms. The molecule has 2 aliphatic rings. The average Bonchev–Trinajstić information content (AvgIpc) is 2.57. The minimum atomic E-state index is -4.43. The molecule has 0 aliphatic carbocycles. The van der Waals surface area contributed by atoms with Crippen LogP contribution in [0.3, 0.4) is 0 Å². The summed E-state index contributed by atoms with van der Waals surface area (Å²) in [5, 5.41) is 3.57. The van der Waals surface area contributed by atoms with Crippen molar-refractivity contribution in [1.29, 1.82) is 0 Å². The van der Waals surface area contributed by atoms with Crippen LogP contribution in [-0.4, -0.2) is 45.5 Å². The summed E-state index contributed by atoms with van der Waals surface area (Å²) in [5.74, 6) is 0. The van der Waals surface area contributed by atoms with Gasteiger partial charge in [0.25, 0.3) is 0 Å². The van der Waals surface area contributed by atoms with Gasteiger partial charge in [-0.1, -0.05) is 0 Å². The molecule has 2 aliphatic heterocycles. The third-order valence-electron chi connectivity index (χ3n) is 4.77. The molecular weight excluding hydrogens is 353 g/mol. The number of hydrogen-bond acceptors (Lipinski definition) is 5. The van der Waals surface area contributed by atoms with E-state index in [1.807, 2.05) is 0 Å². The van der Waals surface area contributed by atoms with Gasteiger partial charge < -0.3 is 5.32 Å². The summed E-state index contributed by atoms with van der Waals surface area (Å²) in [4.78, 5) is 18.7. The zero-order valence-electron chi connectivity index (χ0n) is 13.5. The van der Waals surface area contributed by atoms with Crippen LogP contribution >= 0.6 is 11.8 Å². The number of rotatable bonds is 1. The van der Waals surface area contributed by atoms with Gasteiger partial charge in [-0.15, -0.1) is 11.8 Å². The minimum Gasteiger partial charge on any atom is -0.314 e. The first-order chi connectivity index (χ1) is 11.8. The maximum absolute atomic E-state index is 13.2. The minimum absolute atomic E-state index is 0.0850. The Bertz CT molecular complexity index is 882. The highest BCUT2D eigenvalue weighted by Crippen LogP contribution is 2.41. The molecule has 134 valence electrons. The summed E-state index contributed by atoms with van der Waals surface area (Å²) in [6.45, 7) is 4.95. The number of benzene rings is 1. The molecule has 0 saturated carbocycles. The first-order valence-electron chi connectivity index (χ1n) is 8.08. The third-order valence-corrected chi connectivity index (χ3v) is 6.03. The molecule has 1 aromatic carbocycles. The Morgan fingerprint density at radius 2 is 2.16 bits per heavy atom. The van der Waals surface area contributed by atoms with E-state index in [4.69, 9.17) is 0 Å². The maximum atomic E-state index is 13.2. The largest absolute Gasteiger partial charge is 0.416 e. The van der Waals surface area contributed by atoms with Crippen LogP contribution in [0.2, 0.25) is 0 Å². The predicted molar refractivity (Wildman–Crippen MR) is 89.7 cm³/mol. The standard InChI is InChI=1S/C16H17F3N4OS/c1-9-6-20-2-3-22(9)13-8-23-14-10(7-21-15(23)24)4-11(16(17,18)19)5-12(14)25-13/h4-5,7,9,13,20H,2-3,6,8H2,1H3/t9-,13?/m0/s1. The number of halogens is 3. The van der Waals surface area contributed by atoms with Gasteiger partial charge in [0, 0.05) is 42.2 Å². The normalized spacial score (nSPS) is 24.6. The molecular formula is C16H17F3N4OS. The molecule has 1 aromatic heterocycles. The van der Waals surface area contributed by atoms with Crippen molar-refractivity contribution in [3.05, 3.63) is 34.4 Å². The highest BCUT2D eigenvalue weighted by Gasteiger charge is 2.35. The quantitative estimate of drug-likeness (QED) is 0.834. The van der Waals surface area contributed by atoms with Gasteiger partial charge in [-0.2, -0.15) is 13.2 Å². The van der Waals surface area contributed by atoms with Crippen LogP contribution in [0.4, 0.5) is 13.2 Å². The zero-order chi connectivity index (χ0) is 17.8. The monoisotopic (exact) mass is 370 g/mol. The second-order valence-electron chi connectivity index (χ2n) is 6.42. The lowest BCUT2D eigenvalue weighted by atomic mass is 10.1. The van der Waals surface area contributed by atoms with E-state index < -0.39 is 17.4 Å². The smallest absolute Gasteiger partial charge is 0.314 e. The second kappa shape index (κ2) is 6.00. The third kappa shape index (κ3) is 2.94. The van der Waals surface area contributed by atoms with Crippen LogP contribution in [0.15, 0.2) is 28.0 Å². The van der Waals surface area contributed by atoms with Crippen LogP contribution < -0.4 is 11.0 Å². The molecule has 9 heteroatoms. The zero-order valence-corrected chi connectivity index (χ0v) is 14.3. The summed E-state index contributed by atoms with van der Waals surface area (Å²) in [7, 11) is 0. The molecule has 2 atom stereocenters. The van der Waals surface area contributed by atoms with Crippen LogP contribution in [0.1, 0.15) is 12.5 Å². The molecule has 1 N–H and O–H groups in total. The number of aromatic nitrogens is 2. The van der Waals surface area contributed by atoms with Crippen LogP contribution in [0, 0.1) is 0 Å². The maximum Gasteiger partial charge on any atom is 0.416 e. The molecule has 4 rings (SSSR count). The number of thioether (sulfide) groups is 1. The lowest BCUT2D eigenvalue weighted by molar-refractivity contribution is -0.137. The topological polar surface area (TPSA) is 50.2 Å². The molecule has 0 radical (unpaired) electrons. The predicted octanol–water partition coefficient (Wildman–Crippen LogP) is 2.14. The second-order valence-corrected chi connectivity index (χ2v) is 7.64. The van der Waals surface area contributed by atoms with Gasteiger partial charge >= 0.3 is 11.9 Å². The summed E-state index contributed by atoms with van der Waals surface area (Å²) < 4.78 is 41.2. The molecule has 25 heavy (non-hydrogen) atoms. The first kappa shape index (κ1) is 16.9. The van der Waals surface area contributed by atoms with Crippen molar-refractivity contribution >= 4 is 22.7 Å². The van der Waals surface area contributed by atoms with Gasteiger partial charge in [-0.05, 0) is 19.1 Å². The number of alkyl halides is 3. The van der Waals surface area contributed by atoms with E-state index in [2.05, 4.69) is 22.1 Å². The lowest BCUT2D eigenvalue weighted by Gasteiger charge is -2.41. The van der Waals surface area contributed by atoms with E-state index in [1.54, 1.807) is 0 Å². The van der Waals surface area contributed by atoms with Gasteiger partial charge in [-0.3, -0.25) is 9.47 Å². The number of nitrogens with one attached hydrogen (secondary N) is 1. The summed E-state index contributed by atoms with van der Waals surface area (Å²) in [6, 6.07) is 2.47. The van der Waals surface area contributed by atoms with Gasteiger partial charge in [0.1, 0.15) is 0 Å². The Morgan fingerprint density at radius 3 is 2.88 bits per heavy atom. The van der Waals surface area contributed by atoms with Gasteiger partial charge in [0.2, 0.25) is 0 Å². The Balaban J connectivity index is 1.83. The fourth-order valence-corrected chi connectivity index (χ4v) is 5.03. The highest BCUT2D eigenvalue weighted by molar-refractivity contribution is 8.00. The fraction of sp³-hybridized carbons (Fsp3) is 0.500. The molecule has 5 nitrogen and oxygen atoms in total. The van der Waals surface area contributed by atoms with Crippen molar-refractivity contribution in [2.24, 2.45) is 0 Å². The molecule has 1 fully saturated rings. The summed E-state index contributed by atoms with van der Waals surface area (Å²) in [5.41, 5.74) is -0.567. The van der Waals surface area contributed by atoms with Crippen molar-refractivity contribution in [3.63, 3.8) is 0 Å². The fourth-order valence-electron chi connectivity index (χ4n) is 3.53. The lowest BCUT2D eigenvalue weighted by Crippen LogP contribution is -2.54. The number of piperazine rings is 1. The van der Waals surface area contributed by atoms with Crippen LogP contribution in [0.5, 0.6) is 0 Å². The van der Waals surface area contributed by atoms with Crippen LogP contribution in [-0.2, 0) is 12.7 Å². The van der Waals surface area contributed by atoms with Gasteiger partial charge in [0.05, 0.1) is 23.0 Å². The van der Waals surface area contributed by atoms with Crippen LogP contribution in [0.25, 0.3) is 10.9 Å². The first-order valence-corrected chi connectivity index (χ1v) is 8.96. The Labute approximate surface area is 146 Å². The Kier molecular flexibility index (Phi) is 4.04. The molecule has 0 bridgehead atoms. The molecule has 1 saturated heterocycles. The van der Waals surface area contributed by atoms with Gasteiger partial charge in [-0.25, -0.2) is 9.78 Å². The van der Waals surface area contributed by atoms with E-state index in [9.17, 15) is 18.0 Å². The number of nitrogens with zero attached hydrogens (tertiary/aromatic N) is 3. The SMILES string of the molecule is C[C@H]1CNCCN1C1Cn2c(=O)ncc3cc(C(F)(F)F)cc(c32)S1. The van der Waals surface area contributed by atoms with Crippen molar-refractivity contribution in [2.45, 2.75) is 36.0 Å². The average molecular weight is 370 g/mol. The van der Waals surface area contributed by atoms with E-state index >= 15 is 0 Å². The van der Waals surface area contributed by atoms with Crippen molar-refractivity contribution < 1.29 is 13.2 Å². The molecule has 0 amide bonds. The van der Waals surface area contributed by atoms with E-state index in [1.165, 1.54) is 22.5 Å². The van der Waals surface area contributed by atoms with Crippen molar-refractivity contribution in [3.8, 4) is 0 Å². The summed E-state index contributed by atoms with van der Waals surface area (Å²) in [6.07, 6.45) is -3.19. The number of hydrogen-bond donors (Lipinski definition) is 1.